The fourth-order valence-corrected chi connectivity index (χ4v) is 2.07. The van der Waals surface area contributed by atoms with Crippen LogP contribution in [0.5, 0.6) is 0 Å². The Hall–Kier alpha value is -2.23. The van der Waals surface area contributed by atoms with E-state index >= 15 is 0 Å². The first-order valence-corrected chi connectivity index (χ1v) is 6.41. The zero-order valence-electron chi connectivity index (χ0n) is 11.9. The van der Waals surface area contributed by atoms with Crippen molar-refractivity contribution in [2.75, 3.05) is 7.05 Å². The number of halogens is 1. The van der Waals surface area contributed by atoms with Gasteiger partial charge < -0.3 is 4.90 Å². The van der Waals surface area contributed by atoms with Gasteiger partial charge in [-0.3, -0.25) is 4.79 Å². The molecule has 0 spiro atoms. The summed E-state index contributed by atoms with van der Waals surface area (Å²) < 4.78 is 13.0. The molecule has 0 radical (unpaired) electrons. The lowest BCUT2D eigenvalue weighted by atomic mass is 10.1. The van der Waals surface area contributed by atoms with Crippen LogP contribution in [-0.4, -0.2) is 22.8 Å². The molecule has 0 unspecified atom stereocenters. The number of benzene rings is 1. The molecule has 3 nitrogen and oxygen atoms in total. The molecule has 1 aromatic heterocycles. The zero-order chi connectivity index (χ0) is 14.7. The van der Waals surface area contributed by atoms with Gasteiger partial charge in [-0.05, 0) is 37.1 Å². The molecule has 0 N–H and O–H groups in total. The molecule has 0 saturated carbocycles. The molecule has 0 aliphatic heterocycles. The normalized spacial score (nSPS) is 10.4. The smallest absolute Gasteiger partial charge is 0.272 e. The Morgan fingerprint density at radius 1 is 1.25 bits per heavy atom. The third kappa shape index (κ3) is 3.20. The quantitative estimate of drug-likeness (QED) is 0.804. The van der Waals surface area contributed by atoms with Crippen LogP contribution in [0.4, 0.5) is 4.39 Å². The van der Waals surface area contributed by atoms with Gasteiger partial charge >= 0.3 is 0 Å². The Kier molecular flexibility index (Phi) is 4.13. The van der Waals surface area contributed by atoms with Gasteiger partial charge in [0.25, 0.3) is 5.91 Å². The average Bonchev–Trinajstić information content (AvgIpc) is 2.41. The number of hydrogen-bond acceptors (Lipinski definition) is 2. The van der Waals surface area contributed by atoms with Crippen molar-refractivity contribution in [3.63, 3.8) is 0 Å². The number of carbonyl (C=O) groups is 1. The Balaban J connectivity index is 2.15. The predicted molar refractivity (Wildman–Crippen MR) is 75.9 cm³/mol. The van der Waals surface area contributed by atoms with Gasteiger partial charge in [0.2, 0.25) is 5.95 Å². The Morgan fingerprint density at radius 3 is 2.65 bits per heavy atom. The molecule has 1 aromatic carbocycles. The minimum atomic E-state index is -0.643. The molecule has 4 heteroatoms. The summed E-state index contributed by atoms with van der Waals surface area (Å²) in [5, 5.41) is 0. The van der Waals surface area contributed by atoms with Crippen LogP contribution in [0.1, 0.15) is 27.2 Å². The summed E-state index contributed by atoms with van der Waals surface area (Å²) in [7, 11) is 1.69. The summed E-state index contributed by atoms with van der Waals surface area (Å²) in [4.78, 5) is 17.3. The molecular weight excluding hydrogens is 255 g/mol. The first-order chi connectivity index (χ1) is 9.47. The van der Waals surface area contributed by atoms with Crippen molar-refractivity contribution in [3.05, 3.63) is 64.7 Å². The van der Waals surface area contributed by atoms with Gasteiger partial charge in [0, 0.05) is 13.6 Å². The lowest BCUT2D eigenvalue weighted by Gasteiger charge is -2.18. The van der Waals surface area contributed by atoms with Crippen molar-refractivity contribution in [1.82, 2.24) is 9.88 Å². The van der Waals surface area contributed by atoms with Gasteiger partial charge in [-0.2, -0.15) is 4.39 Å². The third-order valence-corrected chi connectivity index (χ3v) is 3.19. The third-order valence-electron chi connectivity index (χ3n) is 3.19. The summed E-state index contributed by atoms with van der Waals surface area (Å²) in [5.74, 6) is -0.930. The highest BCUT2D eigenvalue weighted by Gasteiger charge is 2.14. The number of rotatable bonds is 3. The molecule has 0 saturated heterocycles. The van der Waals surface area contributed by atoms with Crippen LogP contribution in [0, 0.1) is 19.8 Å². The van der Waals surface area contributed by atoms with Crippen molar-refractivity contribution in [1.29, 1.82) is 0 Å². The van der Waals surface area contributed by atoms with E-state index < -0.39 is 5.95 Å². The second-order valence-electron chi connectivity index (χ2n) is 4.94. The fourth-order valence-electron chi connectivity index (χ4n) is 2.07. The van der Waals surface area contributed by atoms with Crippen LogP contribution in [0.2, 0.25) is 0 Å². The lowest BCUT2D eigenvalue weighted by Crippen LogP contribution is -2.27. The summed E-state index contributed by atoms with van der Waals surface area (Å²) in [6.45, 7) is 4.52. The molecule has 104 valence electrons. The minimum Gasteiger partial charge on any atom is -0.336 e. The maximum absolute atomic E-state index is 13.0. The van der Waals surface area contributed by atoms with E-state index in [1.54, 1.807) is 11.9 Å². The zero-order valence-corrected chi connectivity index (χ0v) is 11.9. The summed E-state index contributed by atoms with van der Waals surface area (Å²) in [6, 6.07) is 10.3. The molecule has 0 bridgehead atoms. The molecule has 1 amide bonds. The topological polar surface area (TPSA) is 33.2 Å². The van der Waals surface area contributed by atoms with Gasteiger partial charge in [0.15, 0.2) is 0 Å². The van der Waals surface area contributed by atoms with Gasteiger partial charge in [-0.1, -0.05) is 29.8 Å². The molecular formula is C16H17FN2O. The fraction of sp³-hybridized carbons (Fsp3) is 0.250. The number of amides is 1. The SMILES string of the molecule is Cc1ccc(CN(C)C(=O)c2cccc(F)n2)c(C)c1. The van der Waals surface area contributed by atoms with Crippen molar-refractivity contribution >= 4 is 5.91 Å². The minimum absolute atomic E-state index is 0.122. The van der Waals surface area contributed by atoms with Gasteiger partial charge in [0.1, 0.15) is 5.69 Å². The highest BCUT2D eigenvalue weighted by molar-refractivity contribution is 5.92. The highest BCUT2D eigenvalue weighted by Crippen LogP contribution is 2.13. The predicted octanol–water partition coefficient (Wildman–Crippen LogP) is 3.11. The summed E-state index contributed by atoms with van der Waals surface area (Å²) >= 11 is 0. The Labute approximate surface area is 118 Å². The van der Waals surface area contributed by atoms with E-state index in [4.69, 9.17) is 0 Å². The van der Waals surface area contributed by atoms with Gasteiger partial charge in [-0.15, -0.1) is 0 Å². The number of nitrogens with zero attached hydrogens (tertiary/aromatic N) is 2. The molecule has 2 aromatic rings. The van der Waals surface area contributed by atoms with E-state index in [0.717, 1.165) is 11.1 Å². The van der Waals surface area contributed by atoms with Crippen molar-refractivity contribution in [2.24, 2.45) is 0 Å². The van der Waals surface area contributed by atoms with E-state index in [9.17, 15) is 9.18 Å². The molecule has 0 aliphatic rings. The van der Waals surface area contributed by atoms with Gasteiger partial charge in [-0.25, -0.2) is 4.98 Å². The number of aryl methyl sites for hydroxylation is 2. The maximum Gasteiger partial charge on any atom is 0.272 e. The summed E-state index contributed by atoms with van der Waals surface area (Å²) in [5.41, 5.74) is 3.52. The van der Waals surface area contributed by atoms with E-state index in [1.807, 2.05) is 26.0 Å². The molecule has 0 fully saturated rings. The van der Waals surface area contributed by atoms with Crippen LogP contribution >= 0.6 is 0 Å². The molecule has 1 heterocycles. The van der Waals surface area contributed by atoms with Crippen molar-refractivity contribution < 1.29 is 9.18 Å². The molecule has 0 aliphatic carbocycles. The highest BCUT2D eigenvalue weighted by atomic mass is 19.1. The van der Waals surface area contributed by atoms with Crippen LogP contribution in [0.15, 0.2) is 36.4 Å². The van der Waals surface area contributed by atoms with Crippen LogP contribution in [-0.2, 0) is 6.54 Å². The Morgan fingerprint density at radius 2 is 2.00 bits per heavy atom. The molecule has 2 rings (SSSR count). The first kappa shape index (κ1) is 14.2. The molecule has 20 heavy (non-hydrogen) atoms. The largest absolute Gasteiger partial charge is 0.336 e. The van der Waals surface area contributed by atoms with Crippen LogP contribution in [0.3, 0.4) is 0 Å². The number of hydrogen-bond donors (Lipinski definition) is 0. The van der Waals surface area contributed by atoms with E-state index in [1.165, 1.54) is 23.8 Å². The second kappa shape index (κ2) is 5.82. The van der Waals surface area contributed by atoms with Crippen LogP contribution < -0.4 is 0 Å². The maximum atomic E-state index is 13.0. The number of aromatic nitrogens is 1. The average molecular weight is 272 g/mol. The monoisotopic (exact) mass is 272 g/mol. The molecule has 0 atom stereocenters. The van der Waals surface area contributed by atoms with E-state index in [-0.39, 0.29) is 11.6 Å². The standard InChI is InChI=1S/C16H17FN2O/c1-11-7-8-13(12(2)9-11)10-19(3)16(20)14-5-4-6-15(17)18-14/h4-9H,10H2,1-3H3. The number of pyridine rings is 1. The second-order valence-corrected chi connectivity index (χ2v) is 4.94. The Bertz CT molecular complexity index is 640. The first-order valence-electron chi connectivity index (χ1n) is 6.41. The van der Waals surface area contributed by atoms with E-state index in [0.29, 0.717) is 6.54 Å². The van der Waals surface area contributed by atoms with Crippen LogP contribution in [0.25, 0.3) is 0 Å². The van der Waals surface area contributed by atoms with Gasteiger partial charge in [0.05, 0.1) is 0 Å². The van der Waals surface area contributed by atoms with E-state index in [2.05, 4.69) is 11.1 Å². The van der Waals surface area contributed by atoms with Crippen molar-refractivity contribution in [2.45, 2.75) is 20.4 Å². The van der Waals surface area contributed by atoms with Crippen molar-refractivity contribution in [3.8, 4) is 0 Å². The summed E-state index contributed by atoms with van der Waals surface area (Å²) in [6.07, 6.45) is 0. The number of carbonyl (C=O) groups excluding carboxylic acids is 1. The lowest BCUT2D eigenvalue weighted by molar-refractivity contribution is 0.0778.